The van der Waals surface area contributed by atoms with Crippen molar-refractivity contribution in [3.63, 3.8) is 0 Å². The Balaban J connectivity index is 4.90. The minimum Gasteiger partial charge on any atom is -0.464 e. The summed E-state index contributed by atoms with van der Waals surface area (Å²) in [6.07, 6.45) is -0.647. The highest BCUT2D eigenvalue weighted by atomic mass is 19.1. The van der Waals surface area contributed by atoms with Crippen LogP contribution in [-0.4, -0.2) is 42.9 Å². The normalized spacial score (nSPS) is 14.2. The van der Waals surface area contributed by atoms with Gasteiger partial charge in [-0.3, -0.25) is 0 Å². The molecule has 0 aromatic rings. The Morgan fingerprint density at radius 1 is 1.30 bits per heavy atom. The first-order chi connectivity index (χ1) is 9.33. The second-order valence-corrected chi connectivity index (χ2v) is 4.28. The van der Waals surface area contributed by atoms with Gasteiger partial charge in [-0.15, -0.1) is 6.58 Å². The van der Waals surface area contributed by atoms with Gasteiger partial charge in [0.15, 0.2) is 0 Å². The Labute approximate surface area is 118 Å². The fourth-order valence-corrected chi connectivity index (χ4v) is 1.51. The van der Waals surface area contributed by atoms with E-state index in [1.54, 1.807) is 13.8 Å². The van der Waals surface area contributed by atoms with Gasteiger partial charge in [-0.2, -0.15) is 0 Å². The predicted molar refractivity (Wildman–Crippen MR) is 72.5 cm³/mol. The topological polar surface area (TPSA) is 105 Å². The molecule has 0 aromatic carbocycles. The summed E-state index contributed by atoms with van der Waals surface area (Å²) in [4.78, 5) is 23.6. The Hall–Kier alpha value is -1.47. The summed E-state index contributed by atoms with van der Waals surface area (Å²) in [5.74, 6) is -1.87. The van der Waals surface area contributed by atoms with Crippen LogP contribution in [0.1, 0.15) is 26.7 Å². The van der Waals surface area contributed by atoms with Gasteiger partial charge in [-0.1, -0.05) is 6.08 Å². The van der Waals surface area contributed by atoms with E-state index in [-0.39, 0.29) is 26.1 Å². The van der Waals surface area contributed by atoms with Gasteiger partial charge in [-0.25, -0.2) is 14.0 Å². The van der Waals surface area contributed by atoms with Crippen LogP contribution in [-0.2, 0) is 19.1 Å². The molecule has 0 saturated heterocycles. The second kappa shape index (κ2) is 8.65. The van der Waals surface area contributed by atoms with Crippen molar-refractivity contribution in [1.82, 2.24) is 0 Å². The van der Waals surface area contributed by atoms with E-state index in [1.165, 1.54) is 6.08 Å². The summed E-state index contributed by atoms with van der Waals surface area (Å²) in [6.45, 7) is 6.65. The molecule has 2 atom stereocenters. The van der Waals surface area contributed by atoms with Gasteiger partial charge in [0.05, 0.1) is 19.3 Å². The van der Waals surface area contributed by atoms with Crippen molar-refractivity contribution >= 4 is 11.9 Å². The van der Waals surface area contributed by atoms with Crippen LogP contribution in [0.4, 0.5) is 4.39 Å². The Bertz CT molecular complexity index is 331. The minimum atomic E-state index is -2.02. The quantitative estimate of drug-likeness (QED) is 0.363. The molecule has 0 heterocycles. The van der Waals surface area contributed by atoms with Crippen molar-refractivity contribution in [2.24, 2.45) is 11.5 Å². The number of nitrogens with two attached hydrogens (primary N) is 2. The van der Waals surface area contributed by atoms with Gasteiger partial charge >= 0.3 is 11.9 Å². The molecule has 0 aliphatic heterocycles. The van der Waals surface area contributed by atoms with Crippen LogP contribution < -0.4 is 11.5 Å². The lowest BCUT2D eigenvalue weighted by atomic mass is 9.92. The van der Waals surface area contributed by atoms with Crippen LogP contribution >= 0.6 is 0 Å². The van der Waals surface area contributed by atoms with E-state index in [4.69, 9.17) is 20.9 Å². The fraction of sp³-hybridized carbons (Fsp3) is 0.692. The number of esters is 2. The van der Waals surface area contributed by atoms with Gasteiger partial charge in [0.25, 0.3) is 0 Å². The smallest absolute Gasteiger partial charge is 0.337 e. The molecular formula is C13H23FN2O4. The largest absolute Gasteiger partial charge is 0.464 e. The zero-order valence-corrected chi connectivity index (χ0v) is 11.9. The SMILES string of the molecule is C=CC(N)C(F)CCC(N)(C(=O)OCC)C(=O)OCC. The zero-order chi connectivity index (χ0) is 15.8. The van der Waals surface area contributed by atoms with Crippen LogP contribution in [0, 0.1) is 0 Å². The summed E-state index contributed by atoms with van der Waals surface area (Å²) >= 11 is 0. The number of hydrogen-bond acceptors (Lipinski definition) is 6. The summed E-state index contributed by atoms with van der Waals surface area (Å²) < 4.78 is 23.2. The van der Waals surface area contributed by atoms with Gasteiger partial charge in [0.1, 0.15) is 6.17 Å². The Kier molecular flexibility index (Phi) is 8.02. The Morgan fingerprint density at radius 3 is 2.10 bits per heavy atom. The highest BCUT2D eigenvalue weighted by molar-refractivity contribution is 6.04. The van der Waals surface area contributed by atoms with E-state index in [1.807, 2.05) is 0 Å². The van der Waals surface area contributed by atoms with E-state index in [0.29, 0.717) is 0 Å². The lowest BCUT2D eigenvalue weighted by molar-refractivity contribution is -0.164. The molecule has 6 nitrogen and oxygen atoms in total. The van der Waals surface area contributed by atoms with E-state index in [0.717, 1.165) is 0 Å². The average molecular weight is 290 g/mol. The number of carbonyl (C=O) groups is 2. The summed E-state index contributed by atoms with van der Waals surface area (Å²) in [7, 11) is 0. The maximum absolute atomic E-state index is 13.7. The first-order valence-electron chi connectivity index (χ1n) is 6.49. The third kappa shape index (κ3) is 4.90. The van der Waals surface area contributed by atoms with E-state index in [9.17, 15) is 14.0 Å². The summed E-state index contributed by atoms with van der Waals surface area (Å²) in [5.41, 5.74) is 9.20. The molecule has 0 radical (unpaired) electrons. The lowest BCUT2D eigenvalue weighted by Crippen LogP contribution is -2.57. The molecule has 0 aromatic heterocycles. The van der Waals surface area contributed by atoms with E-state index >= 15 is 0 Å². The van der Waals surface area contributed by atoms with Crippen molar-refractivity contribution in [2.45, 2.75) is 44.4 Å². The van der Waals surface area contributed by atoms with E-state index in [2.05, 4.69) is 6.58 Å². The molecule has 0 bridgehead atoms. The number of halogens is 1. The molecule has 4 N–H and O–H groups in total. The third-order valence-electron chi connectivity index (χ3n) is 2.78. The number of alkyl halides is 1. The van der Waals surface area contributed by atoms with Crippen molar-refractivity contribution in [3.05, 3.63) is 12.7 Å². The molecule has 116 valence electrons. The number of ether oxygens (including phenoxy) is 2. The molecule has 0 spiro atoms. The minimum absolute atomic E-state index is 0.0579. The highest BCUT2D eigenvalue weighted by Gasteiger charge is 2.45. The second-order valence-electron chi connectivity index (χ2n) is 4.28. The number of rotatable bonds is 9. The van der Waals surface area contributed by atoms with Crippen LogP contribution in [0.15, 0.2) is 12.7 Å². The van der Waals surface area contributed by atoms with Gasteiger partial charge in [0, 0.05) is 0 Å². The standard InChI is InChI=1S/C13H23FN2O4/c1-4-10(15)9(14)7-8-13(16,11(17)19-5-2)12(18)20-6-3/h4,9-10H,1,5-8,15-16H2,2-3H3. The maximum atomic E-state index is 13.7. The Morgan fingerprint density at radius 2 is 1.75 bits per heavy atom. The summed E-state index contributed by atoms with van der Waals surface area (Å²) in [5, 5.41) is 0. The van der Waals surface area contributed by atoms with Crippen LogP contribution in [0.3, 0.4) is 0 Å². The average Bonchev–Trinajstić information content (AvgIpc) is 2.43. The summed E-state index contributed by atoms with van der Waals surface area (Å²) in [6, 6.07) is -0.886. The van der Waals surface area contributed by atoms with Crippen molar-refractivity contribution in [3.8, 4) is 0 Å². The van der Waals surface area contributed by atoms with Crippen LogP contribution in [0.25, 0.3) is 0 Å². The molecule has 0 aliphatic rings. The van der Waals surface area contributed by atoms with Crippen molar-refractivity contribution in [2.75, 3.05) is 13.2 Å². The monoisotopic (exact) mass is 290 g/mol. The van der Waals surface area contributed by atoms with Crippen molar-refractivity contribution in [1.29, 1.82) is 0 Å². The van der Waals surface area contributed by atoms with Gasteiger partial charge in [0.2, 0.25) is 5.54 Å². The van der Waals surface area contributed by atoms with Crippen LogP contribution in [0.2, 0.25) is 0 Å². The molecule has 20 heavy (non-hydrogen) atoms. The number of hydrogen-bond donors (Lipinski definition) is 2. The lowest BCUT2D eigenvalue weighted by Gasteiger charge is -2.26. The molecular weight excluding hydrogens is 267 g/mol. The number of carbonyl (C=O) groups excluding carboxylic acids is 2. The fourth-order valence-electron chi connectivity index (χ4n) is 1.51. The molecule has 0 amide bonds. The molecule has 0 aliphatic carbocycles. The van der Waals surface area contributed by atoms with Gasteiger partial charge in [-0.05, 0) is 26.7 Å². The molecule has 0 rings (SSSR count). The molecule has 7 heteroatoms. The predicted octanol–water partition coefficient (Wildman–Crippen LogP) is 0.442. The molecule has 0 fully saturated rings. The third-order valence-corrected chi connectivity index (χ3v) is 2.78. The first-order valence-corrected chi connectivity index (χ1v) is 6.49. The highest BCUT2D eigenvalue weighted by Crippen LogP contribution is 2.18. The molecule has 0 saturated carbocycles. The van der Waals surface area contributed by atoms with Crippen LogP contribution in [0.5, 0.6) is 0 Å². The first kappa shape index (κ1) is 18.5. The molecule has 2 unspecified atom stereocenters. The van der Waals surface area contributed by atoms with Gasteiger partial charge < -0.3 is 20.9 Å². The zero-order valence-electron chi connectivity index (χ0n) is 11.9. The maximum Gasteiger partial charge on any atom is 0.337 e. The van der Waals surface area contributed by atoms with E-state index < -0.39 is 29.7 Å². The van der Waals surface area contributed by atoms with Crippen molar-refractivity contribution < 1.29 is 23.5 Å².